The van der Waals surface area contributed by atoms with Crippen molar-refractivity contribution in [3.63, 3.8) is 0 Å². The number of halogens is 2. The lowest BCUT2D eigenvalue weighted by molar-refractivity contribution is 0.179. The topological polar surface area (TPSA) is 25.4 Å². The lowest BCUT2D eigenvalue weighted by Gasteiger charge is -2.39. The Bertz CT molecular complexity index is 675. The second kappa shape index (κ2) is 7.07. The highest BCUT2D eigenvalue weighted by molar-refractivity contribution is 14.1. The first kappa shape index (κ1) is 17.2. The average molecular weight is 487 g/mol. The summed E-state index contributed by atoms with van der Waals surface area (Å²) < 4.78 is 6.26. The van der Waals surface area contributed by atoms with E-state index in [4.69, 9.17) is 4.74 Å². The zero-order valence-corrected chi connectivity index (χ0v) is 17.0. The smallest absolute Gasteiger partial charge is 0.118 e. The molecule has 1 saturated heterocycles. The molecule has 1 fully saturated rings. The molecule has 2 aromatic rings. The van der Waals surface area contributed by atoms with Crippen LogP contribution in [0, 0.1) is 0 Å². The fraction of sp³-hybridized carbons (Fsp3) is 0.389. The van der Waals surface area contributed by atoms with Gasteiger partial charge < -0.3 is 4.74 Å². The van der Waals surface area contributed by atoms with Crippen LogP contribution in [0.25, 0.3) is 0 Å². The van der Waals surface area contributed by atoms with Crippen molar-refractivity contribution < 1.29 is 4.74 Å². The summed E-state index contributed by atoms with van der Waals surface area (Å²) in [4.78, 5) is 6.93. The number of alkyl halides is 1. The molecule has 1 aromatic carbocycles. The summed E-state index contributed by atoms with van der Waals surface area (Å²) in [5.41, 5.74) is 2.59. The zero-order chi connectivity index (χ0) is 16.4. The Morgan fingerprint density at radius 3 is 2.70 bits per heavy atom. The standard InChI is InChI=1S/C18H20BrIN2O/c1-18(20,14-5-7-16(23-2)8-6-14)22-9-3-4-17(22)13-10-15(19)12-21-11-13/h5-8,10-12,17H,3-4,9H2,1-2H3/t17?,18-/m0/s1. The van der Waals surface area contributed by atoms with Crippen molar-refractivity contribution in [2.24, 2.45) is 0 Å². The van der Waals surface area contributed by atoms with Gasteiger partial charge in [0.15, 0.2) is 0 Å². The van der Waals surface area contributed by atoms with E-state index in [2.05, 4.69) is 73.5 Å². The molecule has 1 aromatic heterocycles. The Hall–Kier alpha value is -0.660. The molecule has 1 aliphatic heterocycles. The monoisotopic (exact) mass is 486 g/mol. The summed E-state index contributed by atoms with van der Waals surface area (Å²) >= 11 is 6.11. The maximum absolute atomic E-state index is 5.28. The zero-order valence-electron chi connectivity index (χ0n) is 13.3. The molecule has 3 rings (SSSR count). The third kappa shape index (κ3) is 3.56. The predicted molar refractivity (Wildman–Crippen MR) is 105 cm³/mol. The molecule has 0 spiro atoms. The van der Waals surface area contributed by atoms with Gasteiger partial charge in [0.25, 0.3) is 0 Å². The van der Waals surface area contributed by atoms with E-state index >= 15 is 0 Å². The Morgan fingerprint density at radius 1 is 1.30 bits per heavy atom. The Kier molecular flexibility index (Phi) is 5.28. The van der Waals surface area contributed by atoms with Crippen LogP contribution in [0.15, 0.2) is 47.2 Å². The van der Waals surface area contributed by atoms with Gasteiger partial charge in [-0.05, 0) is 65.0 Å². The fourth-order valence-electron chi connectivity index (χ4n) is 3.29. The van der Waals surface area contributed by atoms with Crippen molar-refractivity contribution >= 4 is 38.5 Å². The van der Waals surface area contributed by atoms with Crippen LogP contribution in [-0.2, 0) is 3.55 Å². The highest BCUT2D eigenvalue weighted by Crippen LogP contribution is 2.46. The SMILES string of the molecule is COc1ccc([C@@](C)(I)N2CCCC2c2cncc(Br)c2)cc1. The number of hydrogen-bond donors (Lipinski definition) is 0. The van der Waals surface area contributed by atoms with Crippen LogP contribution >= 0.6 is 38.5 Å². The fourth-order valence-corrected chi connectivity index (χ4v) is 4.61. The third-order valence-corrected chi connectivity index (χ3v) is 6.20. The molecular weight excluding hydrogens is 467 g/mol. The maximum atomic E-state index is 5.28. The molecule has 23 heavy (non-hydrogen) atoms. The summed E-state index contributed by atoms with van der Waals surface area (Å²) in [6, 6.07) is 11.0. The van der Waals surface area contributed by atoms with Crippen LogP contribution in [-0.4, -0.2) is 23.5 Å². The van der Waals surface area contributed by atoms with Gasteiger partial charge in [-0.15, -0.1) is 0 Å². The van der Waals surface area contributed by atoms with E-state index in [0.29, 0.717) is 6.04 Å². The van der Waals surface area contributed by atoms with Crippen LogP contribution < -0.4 is 4.74 Å². The average Bonchev–Trinajstić information content (AvgIpc) is 3.05. The summed E-state index contributed by atoms with van der Waals surface area (Å²) in [7, 11) is 1.70. The van der Waals surface area contributed by atoms with Gasteiger partial charge in [0.05, 0.1) is 10.7 Å². The summed E-state index contributed by atoms with van der Waals surface area (Å²) in [5, 5.41) is 0. The molecule has 0 aliphatic carbocycles. The van der Waals surface area contributed by atoms with E-state index < -0.39 is 0 Å². The molecule has 2 heterocycles. The number of aromatic nitrogens is 1. The van der Waals surface area contributed by atoms with E-state index in [-0.39, 0.29) is 3.55 Å². The number of pyridine rings is 1. The molecule has 0 N–H and O–H groups in total. The van der Waals surface area contributed by atoms with Gasteiger partial charge in [-0.3, -0.25) is 9.88 Å². The Balaban J connectivity index is 1.90. The Morgan fingerprint density at radius 2 is 2.04 bits per heavy atom. The molecule has 0 radical (unpaired) electrons. The minimum absolute atomic E-state index is 0.0620. The van der Waals surface area contributed by atoms with Crippen LogP contribution in [0.3, 0.4) is 0 Å². The lowest BCUT2D eigenvalue weighted by Crippen LogP contribution is -2.38. The van der Waals surface area contributed by atoms with Crippen molar-refractivity contribution in [2.45, 2.75) is 29.4 Å². The third-order valence-electron chi connectivity index (χ3n) is 4.52. The molecule has 0 bridgehead atoms. The lowest BCUT2D eigenvalue weighted by atomic mass is 10.0. The number of ether oxygens (including phenoxy) is 1. The first-order valence-electron chi connectivity index (χ1n) is 7.73. The maximum Gasteiger partial charge on any atom is 0.118 e. The van der Waals surface area contributed by atoms with E-state index in [9.17, 15) is 0 Å². The van der Waals surface area contributed by atoms with Gasteiger partial charge >= 0.3 is 0 Å². The van der Waals surface area contributed by atoms with E-state index in [1.807, 2.05) is 24.5 Å². The quantitative estimate of drug-likeness (QED) is 0.333. The number of rotatable bonds is 4. The minimum atomic E-state index is -0.0620. The Labute approximate surface area is 159 Å². The van der Waals surface area contributed by atoms with Gasteiger partial charge in [-0.1, -0.05) is 34.7 Å². The minimum Gasteiger partial charge on any atom is -0.497 e. The van der Waals surface area contributed by atoms with Crippen molar-refractivity contribution in [3.05, 3.63) is 58.3 Å². The molecule has 2 atom stereocenters. The molecule has 0 amide bonds. The molecule has 5 heteroatoms. The van der Waals surface area contributed by atoms with Gasteiger partial charge in [0, 0.05) is 29.5 Å². The van der Waals surface area contributed by atoms with Gasteiger partial charge in [-0.25, -0.2) is 0 Å². The summed E-state index contributed by atoms with van der Waals surface area (Å²) in [6.07, 6.45) is 6.23. The predicted octanol–water partition coefficient (Wildman–Crippen LogP) is 5.30. The largest absolute Gasteiger partial charge is 0.497 e. The second-order valence-corrected chi connectivity index (χ2v) is 8.99. The van der Waals surface area contributed by atoms with Crippen LogP contribution in [0.5, 0.6) is 5.75 Å². The molecule has 1 aliphatic rings. The van der Waals surface area contributed by atoms with Gasteiger partial charge in [-0.2, -0.15) is 0 Å². The summed E-state index contributed by atoms with van der Waals surface area (Å²) in [5.74, 6) is 0.898. The van der Waals surface area contributed by atoms with E-state index in [1.165, 1.54) is 24.0 Å². The molecule has 1 unspecified atom stereocenters. The molecule has 3 nitrogen and oxygen atoms in total. The van der Waals surface area contributed by atoms with Crippen molar-refractivity contribution in [1.29, 1.82) is 0 Å². The first-order chi connectivity index (χ1) is 11.0. The second-order valence-electron chi connectivity index (χ2n) is 5.97. The van der Waals surface area contributed by atoms with Crippen LogP contribution in [0.2, 0.25) is 0 Å². The number of benzene rings is 1. The van der Waals surface area contributed by atoms with E-state index in [0.717, 1.165) is 16.8 Å². The number of likely N-dealkylation sites (tertiary alicyclic amines) is 1. The van der Waals surface area contributed by atoms with Crippen molar-refractivity contribution in [1.82, 2.24) is 9.88 Å². The van der Waals surface area contributed by atoms with E-state index in [1.54, 1.807) is 7.11 Å². The molecular formula is C18H20BrIN2O. The van der Waals surface area contributed by atoms with Crippen LogP contribution in [0.4, 0.5) is 0 Å². The number of nitrogens with zero attached hydrogens (tertiary/aromatic N) is 2. The van der Waals surface area contributed by atoms with Crippen molar-refractivity contribution in [2.75, 3.05) is 13.7 Å². The van der Waals surface area contributed by atoms with Crippen molar-refractivity contribution in [3.8, 4) is 5.75 Å². The summed E-state index contributed by atoms with van der Waals surface area (Å²) in [6.45, 7) is 3.39. The number of hydrogen-bond acceptors (Lipinski definition) is 3. The normalized spacial score (nSPS) is 21.1. The highest BCUT2D eigenvalue weighted by atomic mass is 127. The molecule has 122 valence electrons. The van der Waals surface area contributed by atoms with Crippen LogP contribution in [0.1, 0.15) is 36.9 Å². The first-order valence-corrected chi connectivity index (χ1v) is 9.60. The molecule has 0 saturated carbocycles. The van der Waals surface area contributed by atoms with Gasteiger partial charge in [0.1, 0.15) is 5.75 Å². The highest BCUT2D eigenvalue weighted by Gasteiger charge is 2.39. The van der Waals surface area contributed by atoms with Gasteiger partial charge in [0.2, 0.25) is 0 Å². The number of methoxy groups -OCH3 is 1.